The summed E-state index contributed by atoms with van der Waals surface area (Å²) in [6.07, 6.45) is 1.89. The first-order chi connectivity index (χ1) is 7.65. The molecule has 88 valence electrons. The minimum Gasteiger partial charge on any atom is -0.374 e. The predicted molar refractivity (Wildman–Crippen MR) is 61.5 cm³/mol. The Hall–Kier alpha value is -1.21. The Balaban J connectivity index is 1.92. The molecule has 2 rings (SSSR count). The molecule has 1 amide bonds. The van der Waals surface area contributed by atoms with Gasteiger partial charge in [0.15, 0.2) is 0 Å². The molecule has 1 aliphatic heterocycles. The second-order valence-corrected chi connectivity index (χ2v) is 5.10. The highest BCUT2D eigenvalue weighted by atomic mass is 32.1. The van der Waals surface area contributed by atoms with Gasteiger partial charge in [0, 0.05) is 6.54 Å². The minimum absolute atomic E-state index is 0.0287. The lowest BCUT2D eigenvalue weighted by molar-refractivity contribution is -0.123. The van der Waals surface area contributed by atoms with E-state index < -0.39 is 0 Å². The fourth-order valence-corrected chi connectivity index (χ4v) is 2.60. The molecule has 0 aromatic carbocycles. The number of aromatic nitrogens is 2. The van der Waals surface area contributed by atoms with E-state index in [9.17, 15) is 4.79 Å². The van der Waals surface area contributed by atoms with E-state index in [1.165, 1.54) is 11.3 Å². The molecule has 2 heterocycles. The first-order valence-corrected chi connectivity index (χ1v) is 6.06. The molecule has 1 atom stereocenters. The van der Waals surface area contributed by atoms with Crippen LogP contribution in [0.25, 0.3) is 0 Å². The molecule has 1 aliphatic rings. The van der Waals surface area contributed by atoms with Crippen LogP contribution < -0.4 is 11.5 Å². The van der Waals surface area contributed by atoms with Gasteiger partial charge >= 0.3 is 0 Å². The van der Waals surface area contributed by atoms with Crippen LogP contribution in [0.1, 0.15) is 17.8 Å². The van der Waals surface area contributed by atoms with Crippen LogP contribution in [0.3, 0.4) is 0 Å². The lowest BCUT2D eigenvalue weighted by Gasteiger charge is -2.30. The van der Waals surface area contributed by atoms with Crippen molar-refractivity contribution in [3.05, 3.63) is 5.01 Å². The first kappa shape index (κ1) is 11.3. The monoisotopic (exact) mass is 241 g/mol. The Morgan fingerprint density at radius 2 is 2.38 bits per heavy atom. The van der Waals surface area contributed by atoms with Gasteiger partial charge in [0.25, 0.3) is 0 Å². The molecule has 1 aromatic rings. The molecule has 0 radical (unpaired) electrons. The van der Waals surface area contributed by atoms with Crippen molar-refractivity contribution in [1.29, 1.82) is 0 Å². The molecule has 6 nitrogen and oxygen atoms in total. The second kappa shape index (κ2) is 4.75. The average Bonchev–Trinajstić information content (AvgIpc) is 2.64. The van der Waals surface area contributed by atoms with Gasteiger partial charge in [0.2, 0.25) is 11.0 Å². The number of nitrogens with two attached hydrogens (primary N) is 2. The van der Waals surface area contributed by atoms with E-state index >= 15 is 0 Å². The maximum absolute atomic E-state index is 11.1. The molecule has 1 aromatic heterocycles. The van der Waals surface area contributed by atoms with Gasteiger partial charge in [-0.3, -0.25) is 9.69 Å². The number of carbonyl (C=O) groups is 1. The zero-order valence-electron chi connectivity index (χ0n) is 8.93. The number of anilines is 1. The molecule has 0 bridgehead atoms. The summed E-state index contributed by atoms with van der Waals surface area (Å²) < 4.78 is 0. The van der Waals surface area contributed by atoms with Crippen molar-refractivity contribution in [3.63, 3.8) is 0 Å². The number of hydrogen-bond acceptors (Lipinski definition) is 6. The molecular weight excluding hydrogens is 226 g/mol. The normalized spacial score (nSPS) is 22.1. The zero-order chi connectivity index (χ0) is 11.5. The van der Waals surface area contributed by atoms with Crippen molar-refractivity contribution in [2.24, 2.45) is 11.7 Å². The largest absolute Gasteiger partial charge is 0.374 e. The van der Waals surface area contributed by atoms with Gasteiger partial charge < -0.3 is 11.5 Å². The van der Waals surface area contributed by atoms with Gasteiger partial charge in [-0.25, -0.2) is 0 Å². The van der Waals surface area contributed by atoms with Gasteiger partial charge in [-0.15, -0.1) is 10.2 Å². The Bertz CT molecular complexity index is 380. The number of carbonyl (C=O) groups excluding carboxylic acids is 1. The Kier molecular flexibility index (Phi) is 3.35. The summed E-state index contributed by atoms with van der Waals surface area (Å²) in [5.74, 6) is -0.236. The highest BCUT2D eigenvalue weighted by Gasteiger charge is 2.24. The van der Waals surface area contributed by atoms with Gasteiger partial charge in [-0.1, -0.05) is 11.3 Å². The van der Waals surface area contributed by atoms with Crippen LogP contribution in [-0.4, -0.2) is 34.1 Å². The van der Waals surface area contributed by atoms with E-state index in [0.717, 1.165) is 30.9 Å². The van der Waals surface area contributed by atoms with E-state index in [2.05, 4.69) is 15.1 Å². The third kappa shape index (κ3) is 2.67. The molecule has 4 N–H and O–H groups in total. The maximum atomic E-state index is 11.1. The van der Waals surface area contributed by atoms with Crippen molar-refractivity contribution < 1.29 is 4.79 Å². The molecule has 0 saturated carbocycles. The summed E-state index contributed by atoms with van der Waals surface area (Å²) in [5.41, 5.74) is 10.8. The molecular formula is C9H15N5OS. The van der Waals surface area contributed by atoms with Crippen LogP contribution in [0, 0.1) is 5.92 Å². The standard InChI is InChI=1S/C9H15N5OS/c10-8(15)6-2-1-3-14(4-6)5-7-12-13-9(11)16-7/h6H,1-5H2,(H2,10,15)(H2,11,13). The number of rotatable bonds is 3. The third-order valence-electron chi connectivity index (χ3n) is 2.75. The Labute approximate surface area is 97.6 Å². The van der Waals surface area contributed by atoms with E-state index in [-0.39, 0.29) is 11.8 Å². The lowest BCUT2D eigenvalue weighted by atomic mass is 9.98. The molecule has 16 heavy (non-hydrogen) atoms. The van der Waals surface area contributed by atoms with Gasteiger partial charge in [0.05, 0.1) is 12.5 Å². The summed E-state index contributed by atoms with van der Waals surface area (Å²) in [4.78, 5) is 13.3. The van der Waals surface area contributed by atoms with Crippen molar-refractivity contribution in [3.8, 4) is 0 Å². The summed E-state index contributed by atoms with van der Waals surface area (Å²) in [6, 6.07) is 0. The summed E-state index contributed by atoms with van der Waals surface area (Å²) >= 11 is 1.39. The van der Waals surface area contributed by atoms with Crippen LogP contribution in [0.5, 0.6) is 0 Å². The minimum atomic E-state index is -0.207. The number of nitrogens with zero attached hydrogens (tertiary/aromatic N) is 3. The molecule has 0 spiro atoms. The number of primary amides is 1. The SMILES string of the molecule is NC(=O)C1CCCN(Cc2nnc(N)s2)C1. The van der Waals surface area contributed by atoms with Crippen molar-refractivity contribution >= 4 is 22.4 Å². The summed E-state index contributed by atoms with van der Waals surface area (Å²) in [5, 5.41) is 9.11. The van der Waals surface area contributed by atoms with Crippen molar-refractivity contribution in [2.75, 3.05) is 18.8 Å². The number of nitrogen functional groups attached to an aromatic ring is 1. The van der Waals surface area contributed by atoms with Crippen LogP contribution in [0.15, 0.2) is 0 Å². The van der Waals surface area contributed by atoms with Crippen molar-refractivity contribution in [2.45, 2.75) is 19.4 Å². The number of piperidine rings is 1. The van der Waals surface area contributed by atoms with Crippen molar-refractivity contribution in [1.82, 2.24) is 15.1 Å². The highest BCUT2D eigenvalue weighted by Crippen LogP contribution is 2.20. The number of amides is 1. The molecule has 0 aliphatic carbocycles. The highest BCUT2D eigenvalue weighted by molar-refractivity contribution is 7.15. The smallest absolute Gasteiger partial charge is 0.221 e. The van der Waals surface area contributed by atoms with Gasteiger partial charge in [-0.05, 0) is 19.4 Å². The van der Waals surface area contributed by atoms with Gasteiger partial charge in [-0.2, -0.15) is 0 Å². The van der Waals surface area contributed by atoms with E-state index in [1.807, 2.05) is 0 Å². The number of likely N-dealkylation sites (tertiary alicyclic amines) is 1. The van der Waals surface area contributed by atoms with Crippen LogP contribution in [0.2, 0.25) is 0 Å². The third-order valence-corrected chi connectivity index (χ3v) is 3.49. The first-order valence-electron chi connectivity index (χ1n) is 5.24. The summed E-state index contributed by atoms with van der Waals surface area (Å²) in [7, 11) is 0. The van der Waals surface area contributed by atoms with E-state index in [4.69, 9.17) is 11.5 Å². The summed E-state index contributed by atoms with van der Waals surface area (Å²) in [6.45, 7) is 2.40. The van der Waals surface area contributed by atoms with E-state index in [1.54, 1.807) is 0 Å². The molecule has 1 saturated heterocycles. The molecule has 7 heteroatoms. The number of hydrogen-bond donors (Lipinski definition) is 2. The Morgan fingerprint density at radius 3 is 3.00 bits per heavy atom. The lowest BCUT2D eigenvalue weighted by Crippen LogP contribution is -2.40. The van der Waals surface area contributed by atoms with Crippen LogP contribution >= 0.6 is 11.3 Å². The zero-order valence-corrected chi connectivity index (χ0v) is 9.74. The molecule has 1 fully saturated rings. The van der Waals surface area contributed by atoms with Crippen LogP contribution in [-0.2, 0) is 11.3 Å². The van der Waals surface area contributed by atoms with E-state index in [0.29, 0.717) is 11.7 Å². The fourth-order valence-electron chi connectivity index (χ4n) is 1.95. The topological polar surface area (TPSA) is 98.1 Å². The van der Waals surface area contributed by atoms with Gasteiger partial charge in [0.1, 0.15) is 5.01 Å². The predicted octanol–water partition coefficient (Wildman–Crippen LogP) is -0.182. The fraction of sp³-hybridized carbons (Fsp3) is 0.667. The molecule has 1 unspecified atom stereocenters. The Morgan fingerprint density at radius 1 is 1.56 bits per heavy atom. The van der Waals surface area contributed by atoms with Crippen LogP contribution in [0.4, 0.5) is 5.13 Å². The maximum Gasteiger partial charge on any atom is 0.221 e. The average molecular weight is 241 g/mol. The quantitative estimate of drug-likeness (QED) is 0.764. The second-order valence-electron chi connectivity index (χ2n) is 4.01.